The summed E-state index contributed by atoms with van der Waals surface area (Å²) in [5.74, 6) is -3.44. The molecule has 0 amide bonds. The number of hydrogen-bond acceptors (Lipinski definition) is 9. The highest BCUT2D eigenvalue weighted by Gasteiger charge is 2.39. The Morgan fingerprint density at radius 1 is 0.711 bits per heavy atom. The third-order valence-electron chi connectivity index (χ3n) is 8.26. The summed E-state index contributed by atoms with van der Waals surface area (Å²) in [5, 5.41) is 40.1. The number of hydrogen-bond donors (Lipinski definition) is 4. The van der Waals surface area contributed by atoms with Crippen molar-refractivity contribution in [3.05, 3.63) is 94.0 Å². The number of benzene rings is 4. The minimum Gasteiger partial charge on any atom is -0.507 e. The second kappa shape index (κ2) is 13.4. The maximum absolute atomic E-state index is 12.6. The van der Waals surface area contributed by atoms with Crippen LogP contribution in [0, 0.1) is 13.8 Å². The fourth-order valence-electron chi connectivity index (χ4n) is 5.93. The van der Waals surface area contributed by atoms with Crippen molar-refractivity contribution in [3.8, 4) is 23.0 Å². The number of carbonyl (C=O) groups excluding carboxylic acids is 2. The van der Waals surface area contributed by atoms with Gasteiger partial charge in [-0.15, -0.1) is 12.4 Å². The molecule has 2 aliphatic rings. The molecule has 1 aliphatic carbocycles. The molecule has 0 saturated carbocycles. The number of carbonyl (C=O) groups is 2. The van der Waals surface area contributed by atoms with Crippen molar-refractivity contribution < 1.29 is 30.0 Å². The number of phenolic OH excluding ortho intramolecular Hbond substituents is 4. The van der Waals surface area contributed by atoms with Crippen LogP contribution in [0.3, 0.4) is 0 Å². The summed E-state index contributed by atoms with van der Waals surface area (Å²) in [6, 6.07) is 20.3. The van der Waals surface area contributed by atoms with Crippen LogP contribution < -0.4 is 4.90 Å². The molecule has 1 unspecified atom stereocenters. The molecule has 4 N–H and O–H groups in total. The van der Waals surface area contributed by atoms with Crippen LogP contribution in [0.1, 0.15) is 63.7 Å². The molecule has 45 heavy (non-hydrogen) atoms. The summed E-state index contributed by atoms with van der Waals surface area (Å²) in [5.41, 5.74) is 1.63. The highest BCUT2D eigenvalue weighted by Crippen LogP contribution is 2.48. The average Bonchev–Trinajstić information content (AvgIpc) is 3.00. The van der Waals surface area contributed by atoms with Gasteiger partial charge >= 0.3 is 0 Å². The topological polar surface area (TPSA) is 122 Å². The summed E-state index contributed by atoms with van der Waals surface area (Å²) >= 11 is 1.88. The standard InChI is InChI=1S/C19H24N2S.C16H12O6.ClH/c1-4-20(5-2)15(3)14-21-16-10-6-8-12-18(16)22-19-13-9-7-11-17(19)21;1-5-3-7(17)9-11(13(5)19)15(21)10-8(18)4-6(2)14(20)12(10)16(9)22;/h6-13,15H,4-5,14H2,1-3H3;3-4,17-20H,1-2H3;1H. The van der Waals surface area contributed by atoms with Crippen LogP contribution in [0.15, 0.2) is 70.5 Å². The van der Waals surface area contributed by atoms with Crippen LogP contribution in [0.5, 0.6) is 23.0 Å². The zero-order valence-corrected chi connectivity index (χ0v) is 27.4. The number of aryl methyl sites for hydroxylation is 2. The van der Waals surface area contributed by atoms with E-state index in [1.807, 2.05) is 11.8 Å². The average molecular weight is 649 g/mol. The van der Waals surface area contributed by atoms with E-state index in [4.69, 9.17) is 0 Å². The van der Waals surface area contributed by atoms with Gasteiger partial charge in [-0.05, 0) is 81.4 Å². The predicted octanol–water partition coefficient (Wildman–Crippen LogP) is 7.34. The van der Waals surface area contributed by atoms with Crippen LogP contribution in [0.25, 0.3) is 0 Å². The molecule has 10 heteroatoms. The minimum absolute atomic E-state index is 0. The number of anilines is 2. The number of likely N-dealkylation sites (N-methyl/N-ethyl adjacent to an activating group) is 1. The lowest BCUT2D eigenvalue weighted by Crippen LogP contribution is -2.41. The molecule has 4 aromatic carbocycles. The molecule has 0 fully saturated rings. The number of para-hydroxylation sites is 2. The summed E-state index contributed by atoms with van der Waals surface area (Å²) in [6.07, 6.45) is 0. The number of halogens is 1. The molecule has 0 saturated heterocycles. The van der Waals surface area contributed by atoms with E-state index in [0.29, 0.717) is 6.04 Å². The normalized spacial score (nSPS) is 13.5. The quantitative estimate of drug-likeness (QED) is 0.145. The van der Waals surface area contributed by atoms with Gasteiger partial charge < -0.3 is 25.3 Å². The zero-order chi connectivity index (χ0) is 31.9. The summed E-state index contributed by atoms with van der Waals surface area (Å²) < 4.78 is 0. The highest BCUT2D eigenvalue weighted by atomic mass is 35.5. The number of aromatic hydroxyl groups is 4. The van der Waals surface area contributed by atoms with E-state index in [1.165, 1.54) is 35.0 Å². The largest absolute Gasteiger partial charge is 0.507 e. The van der Waals surface area contributed by atoms with Gasteiger partial charge in [0.05, 0.1) is 33.6 Å². The van der Waals surface area contributed by atoms with E-state index in [0.717, 1.165) is 31.8 Å². The van der Waals surface area contributed by atoms with E-state index >= 15 is 0 Å². The maximum Gasteiger partial charge on any atom is 0.202 e. The highest BCUT2D eigenvalue weighted by molar-refractivity contribution is 7.99. The Balaban J connectivity index is 0.000000200. The first-order chi connectivity index (χ1) is 21.0. The van der Waals surface area contributed by atoms with Crippen molar-refractivity contribution in [2.24, 2.45) is 0 Å². The molecule has 1 heterocycles. The van der Waals surface area contributed by atoms with E-state index in [9.17, 15) is 30.0 Å². The Morgan fingerprint density at radius 3 is 1.51 bits per heavy atom. The number of nitrogens with zero attached hydrogens (tertiary/aromatic N) is 2. The van der Waals surface area contributed by atoms with Gasteiger partial charge in [0.1, 0.15) is 23.0 Å². The van der Waals surface area contributed by atoms with Crippen molar-refractivity contribution in [2.45, 2.75) is 50.5 Å². The van der Waals surface area contributed by atoms with E-state index < -0.39 is 34.6 Å². The second-order valence-corrected chi connectivity index (χ2v) is 12.1. The molecule has 4 aromatic rings. The molecular weight excluding hydrogens is 612 g/mol. The van der Waals surface area contributed by atoms with Gasteiger partial charge in [-0.25, -0.2) is 0 Å². The molecule has 236 valence electrons. The van der Waals surface area contributed by atoms with Gasteiger partial charge in [0.2, 0.25) is 11.6 Å². The SMILES string of the molecule is CCN(CC)C(C)CN1c2ccccc2Sc2ccccc21.Cc1cc(O)c2c(c1O)C(=O)c1c(O)cc(C)c(O)c1C2=O.Cl. The molecule has 1 aliphatic heterocycles. The van der Waals surface area contributed by atoms with Crippen LogP contribution in [0.4, 0.5) is 11.4 Å². The number of rotatable bonds is 5. The first kappa shape index (κ1) is 33.7. The third-order valence-corrected chi connectivity index (χ3v) is 9.39. The molecule has 0 radical (unpaired) electrons. The van der Waals surface area contributed by atoms with E-state index in [-0.39, 0.29) is 45.8 Å². The molecule has 0 spiro atoms. The van der Waals surface area contributed by atoms with Crippen molar-refractivity contribution in [1.29, 1.82) is 0 Å². The lowest BCUT2D eigenvalue weighted by Gasteiger charge is -2.37. The molecule has 0 bridgehead atoms. The molecule has 6 rings (SSSR count). The Morgan fingerprint density at radius 2 is 1.11 bits per heavy atom. The number of fused-ring (bicyclic) bond motifs is 4. The van der Waals surface area contributed by atoms with Gasteiger partial charge in [0.25, 0.3) is 0 Å². The van der Waals surface area contributed by atoms with Gasteiger partial charge in [-0.3, -0.25) is 14.5 Å². The molecule has 1 atom stereocenters. The monoisotopic (exact) mass is 648 g/mol. The van der Waals surface area contributed by atoms with Gasteiger partial charge in [0, 0.05) is 22.4 Å². The van der Waals surface area contributed by atoms with Gasteiger partial charge in [-0.1, -0.05) is 49.9 Å². The van der Waals surface area contributed by atoms with Crippen molar-refractivity contribution in [1.82, 2.24) is 4.90 Å². The van der Waals surface area contributed by atoms with E-state index in [1.54, 1.807) is 0 Å². The molecule has 8 nitrogen and oxygen atoms in total. The smallest absolute Gasteiger partial charge is 0.202 e. The van der Waals surface area contributed by atoms with Crippen LogP contribution in [-0.4, -0.2) is 62.6 Å². The van der Waals surface area contributed by atoms with Crippen LogP contribution >= 0.6 is 24.2 Å². The fraction of sp³-hybridized carbons (Fsp3) is 0.257. The first-order valence-corrected chi connectivity index (χ1v) is 15.4. The maximum atomic E-state index is 12.6. The van der Waals surface area contributed by atoms with Crippen molar-refractivity contribution in [2.75, 3.05) is 24.5 Å². The minimum atomic E-state index is -0.825. The predicted molar refractivity (Wildman–Crippen MR) is 180 cm³/mol. The lowest BCUT2D eigenvalue weighted by molar-refractivity contribution is 0.0969. The van der Waals surface area contributed by atoms with E-state index in [2.05, 4.69) is 79.1 Å². The van der Waals surface area contributed by atoms with Gasteiger partial charge in [-0.2, -0.15) is 0 Å². The summed E-state index contributed by atoms with van der Waals surface area (Å²) in [6.45, 7) is 13.0. The van der Waals surface area contributed by atoms with Gasteiger partial charge in [0.15, 0.2) is 0 Å². The van der Waals surface area contributed by atoms with Crippen molar-refractivity contribution >= 4 is 47.1 Å². The molecular formula is C35H37ClN2O6S. The van der Waals surface area contributed by atoms with Crippen LogP contribution in [-0.2, 0) is 0 Å². The summed E-state index contributed by atoms with van der Waals surface area (Å²) in [4.78, 5) is 32.9. The Kier molecular flexibility index (Phi) is 10.1. The second-order valence-electron chi connectivity index (χ2n) is 11.0. The number of ketones is 2. The van der Waals surface area contributed by atoms with Crippen LogP contribution in [0.2, 0.25) is 0 Å². The third kappa shape index (κ3) is 5.95. The summed E-state index contributed by atoms with van der Waals surface area (Å²) in [7, 11) is 0. The molecule has 0 aromatic heterocycles. The fourth-order valence-corrected chi connectivity index (χ4v) is 7.03. The Bertz CT molecular complexity index is 1670. The Hall–Kier alpha value is -4.18. The first-order valence-electron chi connectivity index (χ1n) is 14.6. The van der Waals surface area contributed by atoms with Crippen molar-refractivity contribution in [3.63, 3.8) is 0 Å². The lowest BCUT2D eigenvalue weighted by atomic mass is 9.80. The zero-order valence-electron chi connectivity index (χ0n) is 25.8. The number of phenols is 4. The Labute approximate surface area is 273 Å².